The molecule has 1 amide bonds. The van der Waals surface area contributed by atoms with E-state index in [0.717, 1.165) is 30.0 Å². The van der Waals surface area contributed by atoms with E-state index >= 15 is 0 Å². The van der Waals surface area contributed by atoms with Crippen molar-refractivity contribution < 1.29 is 13.6 Å². The Balaban J connectivity index is 1.67. The zero-order chi connectivity index (χ0) is 21.3. The predicted molar refractivity (Wildman–Crippen MR) is 111 cm³/mol. The second-order valence-electron chi connectivity index (χ2n) is 6.30. The third-order valence-corrected chi connectivity index (χ3v) is 5.25. The number of halogens is 2. The maximum Gasteiger partial charge on any atom is 0.263 e. The molecule has 4 aromatic rings. The van der Waals surface area contributed by atoms with E-state index in [1.54, 1.807) is 34.7 Å². The lowest BCUT2D eigenvalue weighted by Gasteiger charge is -2.10. The highest BCUT2D eigenvalue weighted by molar-refractivity contribution is 7.99. The topological polar surface area (TPSA) is 81.3 Å². The number of nitrogens with zero attached hydrogens (tertiary/aromatic N) is 4. The summed E-state index contributed by atoms with van der Waals surface area (Å²) >= 11 is 1.06. The Morgan fingerprint density at radius 1 is 1.20 bits per heavy atom. The molecule has 1 N–H and O–H groups in total. The van der Waals surface area contributed by atoms with Crippen molar-refractivity contribution in [3.63, 3.8) is 0 Å². The van der Waals surface area contributed by atoms with Crippen LogP contribution in [-0.4, -0.2) is 30.8 Å². The van der Waals surface area contributed by atoms with E-state index < -0.39 is 17.5 Å². The average molecular weight is 427 g/mol. The Morgan fingerprint density at radius 3 is 2.80 bits per heavy atom. The normalized spacial score (nSPS) is 11.1. The van der Waals surface area contributed by atoms with Crippen molar-refractivity contribution in [2.45, 2.75) is 11.7 Å². The third kappa shape index (κ3) is 3.57. The summed E-state index contributed by atoms with van der Waals surface area (Å²) in [5.41, 5.74) is 0.139. The Hall–Kier alpha value is -3.53. The van der Waals surface area contributed by atoms with Crippen LogP contribution < -0.4 is 10.9 Å². The van der Waals surface area contributed by atoms with Gasteiger partial charge in [-0.05, 0) is 24.3 Å². The number of carbonyl (C=O) groups excluding carboxylic acids is 1. The number of thioether (sulfide) groups is 1. The smallest absolute Gasteiger partial charge is 0.263 e. The molecule has 0 atom stereocenters. The Kier molecular flexibility index (Phi) is 5.32. The van der Waals surface area contributed by atoms with Gasteiger partial charge in [-0.3, -0.25) is 18.6 Å². The molecule has 30 heavy (non-hydrogen) atoms. The molecule has 0 aliphatic heterocycles. The Bertz CT molecular complexity index is 1350. The van der Waals surface area contributed by atoms with Crippen LogP contribution in [0.1, 0.15) is 0 Å². The molecule has 0 aliphatic carbocycles. The number of benzene rings is 2. The lowest BCUT2D eigenvalue weighted by Crippen LogP contribution is -2.22. The van der Waals surface area contributed by atoms with Crippen molar-refractivity contribution in [1.82, 2.24) is 19.2 Å². The van der Waals surface area contributed by atoms with Crippen molar-refractivity contribution >= 4 is 40.0 Å². The van der Waals surface area contributed by atoms with E-state index in [0.29, 0.717) is 21.8 Å². The summed E-state index contributed by atoms with van der Waals surface area (Å²) in [6.45, 7) is 3.92. The Morgan fingerprint density at radius 2 is 2.00 bits per heavy atom. The molecule has 152 valence electrons. The molecule has 2 aromatic carbocycles. The van der Waals surface area contributed by atoms with E-state index in [1.807, 2.05) is 0 Å². The number of aromatic nitrogens is 4. The fraction of sp³-hybridized carbons (Fsp3) is 0.100. The molecular formula is C20H15F2N5O2S. The maximum atomic E-state index is 13.7. The molecular weight excluding hydrogens is 412 g/mol. The molecule has 0 fully saturated rings. The van der Waals surface area contributed by atoms with Gasteiger partial charge in [-0.1, -0.05) is 30.0 Å². The quantitative estimate of drug-likeness (QED) is 0.377. The molecule has 2 heterocycles. The summed E-state index contributed by atoms with van der Waals surface area (Å²) in [5.74, 6) is -1.73. The van der Waals surface area contributed by atoms with Gasteiger partial charge in [-0.2, -0.15) is 0 Å². The molecule has 0 aliphatic rings. The molecule has 4 rings (SSSR count). The van der Waals surface area contributed by atoms with E-state index in [1.165, 1.54) is 4.57 Å². The maximum absolute atomic E-state index is 13.7. The first-order valence-electron chi connectivity index (χ1n) is 8.85. The first-order valence-corrected chi connectivity index (χ1v) is 9.83. The molecule has 10 heteroatoms. The van der Waals surface area contributed by atoms with Crippen LogP contribution in [-0.2, 0) is 11.3 Å². The number of rotatable bonds is 6. The fourth-order valence-electron chi connectivity index (χ4n) is 3.03. The molecule has 2 aromatic heterocycles. The fourth-order valence-corrected chi connectivity index (χ4v) is 3.77. The molecule has 0 spiro atoms. The number of carbonyl (C=O) groups is 1. The van der Waals surface area contributed by atoms with Crippen LogP contribution in [0.15, 0.2) is 65.1 Å². The number of nitrogens with one attached hydrogen (secondary N) is 1. The minimum Gasteiger partial charge on any atom is -0.323 e. The number of anilines is 1. The van der Waals surface area contributed by atoms with Crippen molar-refractivity contribution in [3.8, 4) is 0 Å². The summed E-state index contributed by atoms with van der Waals surface area (Å²) in [6.07, 6.45) is 1.58. The molecule has 0 saturated heterocycles. The van der Waals surface area contributed by atoms with Crippen molar-refractivity contribution in [2.75, 3.05) is 11.1 Å². The van der Waals surface area contributed by atoms with Gasteiger partial charge in [-0.15, -0.1) is 16.8 Å². The number of hydrogen-bond donors (Lipinski definition) is 1. The largest absolute Gasteiger partial charge is 0.323 e. The van der Waals surface area contributed by atoms with Gasteiger partial charge in [0.25, 0.3) is 5.56 Å². The zero-order valence-electron chi connectivity index (χ0n) is 15.5. The first-order chi connectivity index (χ1) is 14.5. The van der Waals surface area contributed by atoms with Gasteiger partial charge < -0.3 is 5.32 Å². The van der Waals surface area contributed by atoms with Crippen LogP contribution in [0.2, 0.25) is 0 Å². The average Bonchev–Trinajstić information content (AvgIpc) is 3.16. The molecule has 0 bridgehead atoms. The molecule has 0 saturated carbocycles. The molecule has 0 radical (unpaired) electrons. The van der Waals surface area contributed by atoms with E-state index in [-0.39, 0.29) is 23.5 Å². The van der Waals surface area contributed by atoms with Crippen LogP contribution in [0.5, 0.6) is 0 Å². The van der Waals surface area contributed by atoms with E-state index in [2.05, 4.69) is 22.1 Å². The van der Waals surface area contributed by atoms with Gasteiger partial charge in [0, 0.05) is 12.6 Å². The van der Waals surface area contributed by atoms with Crippen LogP contribution in [0.25, 0.3) is 16.7 Å². The highest BCUT2D eigenvalue weighted by atomic mass is 32.2. The van der Waals surface area contributed by atoms with Gasteiger partial charge >= 0.3 is 0 Å². The van der Waals surface area contributed by atoms with Crippen molar-refractivity contribution in [2.24, 2.45) is 0 Å². The number of amides is 1. The number of para-hydroxylation sites is 1. The van der Waals surface area contributed by atoms with Crippen LogP contribution in [0.3, 0.4) is 0 Å². The van der Waals surface area contributed by atoms with Gasteiger partial charge in [-0.25, -0.2) is 8.78 Å². The van der Waals surface area contributed by atoms with Gasteiger partial charge in [0.05, 0.1) is 22.3 Å². The van der Waals surface area contributed by atoms with E-state index in [9.17, 15) is 18.4 Å². The minimum absolute atomic E-state index is 0.119. The highest BCUT2D eigenvalue weighted by Crippen LogP contribution is 2.22. The number of allylic oxidation sites excluding steroid dienone is 1. The molecule has 7 nitrogen and oxygen atoms in total. The highest BCUT2D eigenvalue weighted by Gasteiger charge is 2.17. The lowest BCUT2D eigenvalue weighted by molar-refractivity contribution is -0.113. The zero-order valence-corrected chi connectivity index (χ0v) is 16.3. The summed E-state index contributed by atoms with van der Waals surface area (Å²) in [7, 11) is 0. The first kappa shape index (κ1) is 19.8. The minimum atomic E-state index is -0.734. The third-order valence-electron chi connectivity index (χ3n) is 4.32. The summed E-state index contributed by atoms with van der Waals surface area (Å²) in [6, 6.07) is 9.82. The predicted octanol–water partition coefficient (Wildman–Crippen LogP) is 3.24. The standard InChI is InChI=1S/C20H15F2N5O2S/c1-2-9-26-18(29)13-5-3-4-6-16(13)27-19(26)24-25-20(27)30-11-17(28)23-15-10-12(21)7-8-14(15)22/h2-8,10H,1,9,11H2,(H,23,28). The summed E-state index contributed by atoms with van der Waals surface area (Å²) in [5, 5.41) is 11.4. The lowest BCUT2D eigenvalue weighted by atomic mass is 10.2. The van der Waals surface area contributed by atoms with Gasteiger partial charge in [0.2, 0.25) is 11.7 Å². The van der Waals surface area contributed by atoms with Crippen molar-refractivity contribution in [1.29, 1.82) is 0 Å². The number of hydrogen-bond acceptors (Lipinski definition) is 5. The van der Waals surface area contributed by atoms with Gasteiger partial charge in [0.15, 0.2) is 5.16 Å². The van der Waals surface area contributed by atoms with Crippen LogP contribution in [0, 0.1) is 11.6 Å². The second kappa shape index (κ2) is 8.07. The SMILES string of the molecule is C=CCn1c(=O)c2ccccc2n2c(SCC(=O)Nc3cc(F)ccc3F)nnc12. The summed E-state index contributed by atoms with van der Waals surface area (Å²) in [4.78, 5) is 25.0. The van der Waals surface area contributed by atoms with E-state index in [4.69, 9.17) is 0 Å². The molecule has 0 unspecified atom stereocenters. The summed E-state index contributed by atoms with van der Waals surface area (Å²) < 4.78 is 30.1. The van der Waals surface area contributed by atoms with Gasteiger partial charge in [0.1, 0.15) is 11.6 Å². The second-order valence-corrected chi connectivity index (χ2v) is 7.24. The van der Waals surface area contributed by atoms with Crippen molar-refractivity contribution in [3.05, 3.63) is 77.1 Å². The van der Waals surface area contributed by atoms with Crippen LogP contribution >= 0.6 is 11.8 Å². The number of fused-ring (bicyclic) bond motifs is 3. The van der Waals surface area contributed by atoms with Crippen LogP contribution in [0.4, 0.5) is 14.5 Å². The monoisotopic (exact) mass is 427 g/mol. The Labute approximate surface area is 173 Å².